The van der Waals surface area contributed by atoms with Crippen molar-refractivity contribution in [2.24, 2.45) is 0 Å². The third kappa shape index (κ3) is 3.07. The molecular formula is C15H22N2S. The molecule has 1 saturated heterocycles. The Labute approximate surface area is 114 Å². The monoisotopic (exact) mass is 262 g/mol. The average Bonchev–Trinajstić information content (AvgIpc) is 2.95. The van der Waals surface area contributed by atoms with Crippen LogP contribution < -0.4 is 5.32 Å². The largest absolute Gasteiger partial charge is 0.310 e. The third-order valence-electron chi connectivity index (χ3n) is 4.06. The minimum Gasteiger partial charge on any atom is -0.310 e. The Balaban J connectivity index is 1.59. The quantitative estimate of drug-likeness (QED) is 0.893. The van der Waals surface area contributed by atoms with Crippen LogP contribution in [-0.2, 0) is 0 Å². The van der Waals surface area contributed by atoms with Gasteiger partial charge in [-0.2, -0.15) is 0 Å². The van der Waals surface area contributed by atoms with Gasteiger partial charge in [-0.05, 0) is 43.9 Å². The van der Waals surface area contributed by atoms with Gasteiger partial charge < -0.3 is 5.32 Å². The first-order valence-corrected chi connectivity index (χ1v) is 8.16. The van der Waals surface area contributed by atoms with Gasteiger partial charge in [-0.25, -0.2) is 4.98 Å². The van der Waals surface area contributed by atoms with Crippen LogP contribution >= 0.6 is 11.8 Å². The zero-order valence-corrected chi connectivity index (χ0v) is 11.7. The number of aromatic nitrogens is 1. The fourth-order valence-corrected chi connectivity index (χ4v) is 4.16. The van der Waals surface area contributed by atoms with Crippen LogP contribution in [0.2, 0.25) is 0 Å². The van der Waals surface area contributed by atoms with Gasteiger partial charge in [0.15, 0.2) is 0 Å². The van der Waals surface area contributed by atoms with Crippen LogP contribution in [0.25, 0.3) is 0 Å². The Morgan fingerprint density at radius 2 is 1.94 bits per heavy atom. The number of rotatable bonds is 3. The molecule has 1 saturated carbocycles. The Hall–Kier alpha value is -0.540. The highest BCUT2D eigenvalue weighted by Crippen LogP contribution is 2.33. The SMILES string of the molecule is c1cc(SC2CCCCC2)ncc1[C@H]1CCCN1. The molecule has 0 aromatic carbocycles. The molecule has 2 heterocycles. The summed E-state index contributed by atoms with van der Waals surface area (Å²) in [6, 6.07) is 5.03. The second-order valence-corrected chi connectivity index (χ2v) is 6.78. The second kappa shape index (κ2) is 6.07. The highest BCUT2D eigenvalue weighted by Gasteiger charge is 2.18. The number of thioether (sulfide) groups is 1. The summed E-state index contributed by atoms with van der Waals surface area (Å²) in [7, 11) is 0. The van der Waals surface area contributed by atoms with Gasteiger partial charge in [-0.15, -0.1) is 11.8 Å². The van der Waals surface area contributed by atoms with Gasteiger partial charge in [-0.3, -0.25) is 0 Å². The summed E-state index contributed by atoms with van der Waals surface area (Å²) in [5, 5.41) is 5.55. The van der Waals surface area contributed by atoms with Crippen molar-refractivity contribution in [3.8, 4) is 0 Å². The Kier molecular flexibility index (Phi) is 4.21. The lowest BCUT2D eigenvalue weighted by Crippen LogP contribution is -2.13. The number of hydrogen-bond acceptors (Lipinski definition) is 3. The molecule has 3 heteroatoms. The minimum atomic E-state index is 0.547. The van der Waals surface area contributed by atoms with Crippen molar-refractivity contribution in [3.63, 3.8) is 0 Å². The second-order valence-electron chi connectivity index (χ2n) is 5.46. The van der Waals surface area contributed by atoms with Gasteiger partial charge in [0.25, 0.3) is 0 Å². The number of hydrogen-bond donors (Lipinski definition) is 1. The summed E-state index contributed by atoms with van der Waals surface area (Å²) in [6.07, 6.45) is 11.6. The summed E-state index contributed by atoms with van der Waals surface area (Å²) in [6.45, 7) is 1.16. The van der Waals surface area contributed by atoms with Gasteiger partial charge in [-0.1, -0.05) is 25.3 Å². The van der Waals surface area contributed by atoms with E-state index in [0.717, 1.165) is 11.8 Å². The van der Waals surface area contributed by atoms with E-state index in [9.17, 15) is 0 Å². The highest BCUT2D eigenvalue weighted by atomic mass is 32.2. The highest BCUT2D eigenvalue weighted by molar-refractivity contribution is 7.99. The van der Waals surface area contributed by atoms with E-state index >= 15 is 0 Å². The molecule has 2 aliphatic rings. The van der Waals surface area contributed by atoms with Crippen molar-refractivity contribution in [1.82, 2.24) is 10.3 Å². The van der Waals surface area contributed by atoms with Gasteiger partial charge >= 0.3 is 0 Å². The minimum absolute atomic E-state index is 0.547. The molecule has 2 nitrogen and oxygen atoms in total. The van der Waals surface area contributed by atoms with Crippen molar-refractivity contribution >= 4 is 11.8 Å². The zero-order valence-electron chi connectivity index (χ0n) is 10.9. The summed E-state index contributed by atoms with van der Waals surface area (Å²) < 4.78 is 0. The van der Waals surface area contributed by atoms with Crippen LogP contribution in [0.4, 0.5) is 0 Å². The zero-order chi connectivity index (χ0) is 12.2. The Morgan fingerprint density at radius 1 is 1.06 bits per heavy atom. The topological polar surface area (TPSA) is 24.9 Å². The molecule has 1 aromatic rings. The van der Waals surface area contributed by atoms with Crippen molar-refractivity contribution in [3.05, 3.63) is 23.9 Å². The summed E-state index contributed by atoms with van der Waals surface area (Å²) in [5.41, 5.74) is 1.36. The van der Waals surface area contributed by atoms with Crippen molar-refractivity contribution in [1.29, 1.82) is 0 Å². The molecule has 98 valence electrons. The van der Waals surface area contributed by atoms with Gasteiger partial charge in [0.1, 0.15) is 0 Å². The van der Waals surface area contributed by atoms with E-state index in [1.54, 1.807) is 0 Å². The van der Waals surface area contributed by atoms with Gasteiger partial charge in [0, 0.05) is 17.5 Å². The van der Waals surface area contributed by atoms with Crippen LogP contribution in [-0.4, -0.2) is 16.8 Å². The molecule has 0 bridgehead atoms. The maximum Gasteiger partial charge on any atom is 0.0962 e. The molecule has 3 rings (SSSR count). The van der Waals surface area contributed by atoms with Crippen molar-refractivity contribution in [2.45, 2.75) is 61.3 Å². The van der Waals surface area contributed by atoms with E-state index in [-0.39, 0.29) is 0 Å². The van der Waals surface area contributed by atoms with E-state index in [0.29, 0.717) is 6.04 Å². The van der Waals surface area contributed by atoms with E-state index in [2.05, 4.69) is 28.6 Å². The lowest BCUT2D eigenvalue weighted by atomic mass is 10.0. The predicted molar refractivity (Wildman–Crippen MR) is 76.9 cm³/mol. The molecule has 0 amide bonds. The first-order valence-electron chi connectivity index (χ1n) is 7.28. The van der Waals surface area contributed by atoms with Crippen LogP contribution in [0.1, 0.15) is 56.6 Å². The molecule has 0 spiro atoms. The first-order chi connectivity index (χ1) is 8.92. The summed E-state index contributed by atoms with van der Waals surface area (Å²) >= 11 is 1.98. The molecule has 0 unspecified atom stereocenters. The van der Waals surface area contributed by atoms with E-state index < -0.39 is 0 Å². The van der Waals surface area contributed by atoms with E-state index in [4.69, 9.17) is 0 Å². The normalized spacial score (nSPS) is 25.4. The summed E-state index contributed by atoms with van der Waals surface area (Å²) in [4.78, 5) is 4.64. The number of pyridine rings is 1. The molecule has 18 heavy (non-hydrogen) atoms. The van der Waals surface area contributed by atoms with Crippen molar-refractivity contribution < 1.29 is 0 Å². The lowest BCUT2D eigenvalue weighted by Gasteiger charge is -2.20. The average molecular weight is 262 g/mol. The Bertz CT molecular complexity index is 365. The molecule has 1 aromatic heterocycles. The lowest BCUT2D eigenvalue weighted by molar-refractivity contribution is 0.515. The van der Waals surface area contributed by atoms with Crippen molar-refractivity contribution in [2.75, 3.05) is 6.54 Å². The van der Waals surface area contributed by atoms with Gasteiger partial charge in [0.05, 0.1) is 5.03 Å². The Morgan fingerprint density at radius 3 is 2.61 bits per heavy atom. The third-order valence-corrected chi connectivity index (χ3v) is 5.35. The number of nitrogens with zero attached hydrogens (tertiary/aromatic N) is 1. The first kappa shape index (κ1) is 12.5. The van der Waals surface area contributed by atoms with Crippen LogP contribution in [0.3, 0.4) is 0 Å². The summed E-state index contributed by atoms with van der Waals surface area (Å²) in [5.74, 6) is 0. The van der Waals surface area contributed by atoms with E-state index in [1.165, 1.54) is 55.5 Å². The molecule has 1 aliphatic heterocycles. The van der Waals surface area contributed by atoms with Crippen LogP contribution in [0.15, 0.2) is 23.4 Å². The van der Waals surface area contributed by atoms with Gasteiger partial charge in [0.2, 0.25) is 0 Å². The maximum absolute atomic E-state index is 4.64. The number of nitrogens with one attached hydrogen (secondary N) is 1. The smallest absolute Gasteiger partial charge is 0.0962 e. The predicted octanol–water partition coefficient (Wildman–Crippen LogP) is 3.93. The molecule has 2 fully saturated rings. The fourth-order valence-electron chi connectivity index (χ4n) is 2.99. The fraction of sp³-hybridized carbons (Fsp3) is 0.667. The molecule has 1 aliphatic carbocycles. The molecule has 1 atom stereocenters. The maximum atomic E-state index is 4.64. The standard InChI is InChI=1S/C15H22N2S/c1-2-5-13(6-3-1)18-15-9-8-12(11-17-15)14-7-4-10-16-14/h8-9,11,13-14,16H,1-7,10H2/t14-/m1/s1. The van der Waals surface area contributed by atoms with Crippen LogP contribution in [0.5, 0.6) is 0 Å². The molecular weight excluding hydrogens is 240 g/mol. The molecule has 1 N–H and O–H groups in total. The van der Waals surface area contributed by atoms with E-state index in [1.807, 2.05) is 11.8 Å². The van der Waals surface area contributed by atoms with Crippen LogP contribution in [0, 0.1) is 0 Å². The molecule has 0 radical (unpaired) electrons.